The lowest BCUT2D eigenvalue weighted by molar-refractivity contribution is -0.302. The average Bonchev–Trinajstić information content (AvgIpc) is 3.36. The predicted octanol–water partition coefficient (Wildman–Crippen LogP) is 13.6. The van der Waals surface area contributed by atoms with E-state index in [-0.39, 0.29) is 12.5 Å². The van der Waals surface area contributed by atoms with Crippen molar-refractivity contribution in [2.45, 2.75) is 243 Å². The van der Waals surface area contributed by atoms with Gasteiger partial charge < -0.3 is 40.3 Å². The maximum absolute atomic E-state index is 13.0. The van der Waals surface area contributed by atoms with Crippen LogP contribution in [-0.2, 0) is 14.3 Å². The van der Waals surface area contributed by atoms with Gasteiger partial charge in [-0.3, -0.25) is 4.79 Å². The van der Waals surface area contributed by atoms with E-state index in [0.29, 0.717) is 6.42 Å². The highest BCUT2D eigenvalue weighted by Crippen LogP contribution is 2.22. The van der Waals surface area contributed by atoms with E-state index in [1.807, 2.05) is 6.08 Å². The first-order valence-electron chi connectivity index (χ1n) is 27.8. The number of aliphatic hydroxyl groups is 5. The van der Waals surface area contributed by atoms with Crippen LogP contribution in [0.5, 0.6) is 0 Å². The Morgan fingerprint density at radius 1 is 0.500 bits per heavy atom. The molecule has 0 saturated carbocycles. The molecule has 1 aliphatic heterocycles. The van der Waals surface area contributed by atoms with Crippen molar-refractivity contribution >= 4 is 5.91 Å². The largest absolute Gasteiger partial charge is 0.394 e. The third-order valence-corrected chi connectivity index (χ3v) is 12.2. The van der Waals surface area contributed by atoms with Gasteiger partial charge in [0.2, 0.25) is 5.91 Å². The molecule has 9 nitrogen and oxygen atoms in total. The highest BCUT2D eigenvalue weighted by Gasteiger charge is 2.44. The van der Waals surface area contributed by atoms with Crippen LogP contribution < -0.4 is 5.32 Å². The molecule has 1 saturated heterocycles. The molecule has 1 fully saturated rings. The van der Waals surface area contributed by atoms with Gasteiger partial charge in [0.1, 0.15) is 24.4 Å². The van der Waals surface area contributed by atoms with Gasteiger partial charge in [0, 0.05) is 6.42 Å². The molecule has 0 aromatic carbocycles. The summed E-state index contributed by atoms with van der Waals surface area (Å²) in [4.78, 5) is 13.0. The van der Waals surface area contributed by atoms with E-state index < -0.39 is 49.5 Å². The number of ether oxygens (including phenoxy) is 2. The third kappa shape index (κ3) is 38.3. The van der Waals surface area contributed by atoms with Gasteiger partial charge in [-0.15, -0.1) is 0 Å². The van der Waals surface area contributed by atoms with Crippen LogP contribution in [0, 0.1) is 0 Å². The predicted molar refractivity (Wildman–Crippen MR) is 294 cm³/mol. The van der Waals surface area contributed by atoms with E-state index in [0.717, 1.165) is 116 Å². The molecule has 0 spiro atoms. The lowest BCUT2D eigenvalue weighted by Gasteiger charge is -2.40. The monoisotopic (exact) mass is 976 g/mol. The summed E-state index contributed by atoms with van der Waals surface area (Å²) in [6, 6.07) is -0.849. The summed E-state index contributed by atoms with van der Waals surface area (Å²) in [5.74, 6) is -0.215. The quantitative estimate of drug-likeness (QED) is 0.0261. The van der Waals surface area contributed by atoms with E-state index in [1.54, 1.807) is 6.08 Å². The van der Waals surface area contributed by atoms with Gasteiger partial charge in [-0.25, -0.2) is 0 Å². The van der Waals surface area contributed by atoms with Crippen molar-refractivity contribution < 1.29 is 39.8 Å². The molecule has 0 radical (unpaired) electrons. The smallest absolute Gasteiger partial charge is 0.220 e. The van der Waals surface area contributed by atoms with Crippen molar-refractivity contribution in [3.63, 3.8) is 0 Å². The van der Waals surface area contributed by atoms with Gasteiger partial charge in [-0.1, -0.05) is 212 Å². The second-order valence-corrected chi connectivity index (χ2v) is 18.6. The molecule has 1 aliphatic rings. The summed E-state index contributed by atoms with van der Waals surface area (Å²) < 4.78 is 11.2. The van der Waals surface area contributed by atoms with Crippen LogP contribution in [0.15, 0.2) is 122 Å². The van der Waals surface area contributed by atoms with E-state index >= 15 is 0 Å². The normalized spacial score (nSPS) is 20.4. The number of nitrogens with one attached hydrogen (secondary N) is 1. The van der Waals surface area contributed by atoms with Crippen LogP contribution in [0.1, 0.15) is 200 Å². The third-order valence-electron chi connectivity index (χ3n) is 12.2. The number of hydrogen-bond acceptors (Lipinski definition) is 8. The first-order valence-corrected chi connectivity index (χ1v) is 27.8. The molecule has 7 unspecified atom stereocenters. The Morgan fingerprint density at radius 2 is 0.900 bits per heavy atom. The second-order valence-electron chi connectivity index (χ2n) is 18.6. The fourth-order valence-electron chi connectivity index (χ4n) is 7.87. The summed E-state index contributed by atoms with van der Waals surface area (Å²) >= 11 is 0. The van der Waals surface area contributed by atoms with Crippen LogP contribution in [0.3, 0.4) is 0 Å². The topological polar surface area (TPSA) is 149 Å². The van der Waals surface area contributed by atoms with Gasteiger partial charge >= 0.3 is 0 Å². The van der Waals surface area contributed by atoms with Crippen LogP contribution in [0.4, 0.5) is 0 Å². The maximum Gasteiger partial charge on any atom is 0.220 e. The number of aliphatic hydroxyl groups excluding tert-OH is 5. The molecule has 9 heteroatoms. The molecule has 0 aliphatic carbocycles. The first kappa shape index (κ1) is 64.6. The average molecular weight is 976 g/mol. The van der Waals surface area contributed by atoms with Crippen LogP contribution in [-0.4, -0.2) is 87.5 Å². The summed E-state index contributed by atoms with van der Waals surface area (Å²) in [7, 11) is 0. The van der Waals surface area contributed by atoms with Crippen molar-refractivity contribution in [2.24, 2.45) is 0 Å². The molecule has 1 rings (SSSR count). The minimum atomic E-state index is -1.59. The van der Waals surface area contributed by atoms with E-state index in [2.05, 4.69) is 129 Å². The van der Waals surface area contributed by atoms with Crippen molar-refractivity contribution in [2.75, 3.05) is 13.2 Å². The van der Waals surface area contributed by atoms with Crippen LogP contribution in [0.25, 0.3) is 0 Å². The number of unbranched alkanes of at least 4 members (excludes halogenated alkanes) is 17. The molecule has 398 valence electrons. The molecule has 70 heavy (non-hydrogen) atoms. The summed E-state index contributed by atoms with van der Waals surface area (Å²) in [6.07, 6.45) is 66.8. The Balaban J connectivity index is 2.33. The molecule has 6 N–H and O–H groups in total. The second kappa shape index (κ2) is 49.2. The Labute approximate surface area is 427 Å². The zero-order chi connectivity index (χ0) is 50.8. The van der Waals surface area contributed by atoms with Gasteiger partial charge in [0.15, 0.2) is 6.29 Å². The Kier molecular flexibility index (Phi) is 45.4. The SMILES string of the molecule is CC/C=C\C/C=C\C/C=C\C/C=C\C/C=C\C/C=C\C/C=C\CCCCCCCC(=O)NC(COC1OC(CO)C(O)C(O)C1O)C(O)/C=C/CC/C=C/CC/C=C/CCCCCCCCCCCC. The minimum absolute atomic E-state index is 0.215. The Morgan fingerprint density at radius 3 is 1.37 bits per heavy atom. The zero-order valence-corrected chi connectivity index (χ0v) is 44.0. The Hall–Kier alpha value is -3.41. The molecule has 1 heterocycles. The molecule has 1 amide bonds. The zero-order valence-electron chi connectivity index (χ0n) is 44.0. The lowest BCUT2D eigenvalue weighted by Crippen LogP contribution is -2.60. The van der Waals surface area contributed by atoms with Crippen LogP contribution in [0.2, 0.25) is 0 Å². The molecule has 0 aromatic heterocycles. The maximum atomic E-state index is 13.0. The number of hydrogen-bond donors (Lipinski definition) is 6. The summed E-state index contributed by atoms with van der Waals surface area (Å²) in [5.41, 5.74) is 0. The molecule has 7 atom stereocenters. The first-order chi connectivity index (χ1) is 34.3. The fourth-order valence-corrected chi connectivity index (χ4v) is 7.87. The van der Waals surface area contributed by atoms with Crippen molar-refractivity contribution in [3.8, 4) is 0 Å². The lowest BCUT2D eigenvalue weighted by atomic mass is 9.99. The highest BCUT2D eigenvalue weighted by atomic mass is 16.7. The van der Waals surface area contributed by atoms with Gasteiger partial charge in [0.05, 0.1) is 25.4 Å². The summed E-state index contributed by atoms with van der Waals surface area (Å²) in [6.45, 7) is 3.62. The van der Waals surface area contributed by atoms with Crippen molar-refractivity contribution in [1.82, 2.24) is 5.32 Å². The van der Waals surface area contributed by atoms with Gasteiger partial charge in [-0.2, -0.15) is 0 Å². The molecular formula is C61H101NO8. The molecular weight excluding hydrogens is 875 g/mol. The van der Waals surface area contributed by atoms with Gasteiger partial charge in [0.25, 0.3) is 0 Å². The highest BCUT2D eigenvalue weighted by molar-refractivity contribution is 5.76. The molecule has 0 aromatic rings. The number of amides is 1. The Bertz CT molecular complexity index is 1510. The van der Waals surface area contributed by atoms with E-state index in [9.17, 15) is 30.3 Å². The number of rotatable bonds is 45. The van der Waals surface area contributed by atoms with Crippen molar-refractivity contribution in [3.05, 3.63) is 122 Å². The van der Waals surface area contributed by atoms with E-state index in [4.69, 9.17) is 9.47 Å². The number of carbonyl (C=O) groups excluding carboxylic acids is 1. The van der Waals surface area contributed by atoms with Crippen LogP contribution >= 0.6 is 0 Å². The summed E-state index contributed by atoms with van der Waals surface area (Å²) in [5, 5.41) is 54.4. The van der Waals surface area contributed by atoms with Crippen molar-refractivity contribution in [1.29, 1.82) is 0 Å². The number of carbonyl (C=O) groups is 1. The van der Waals surface area contributed by atoms with Gasteiger partial charge in [-0.05, 0) is 103 Å². The van der Waals surface area contributed by atoms with E-state index in [1.165, 1.54) is 64.2 Å². The number of allylic oxidation sites excluding steroid dienone is 19. The minimum Gasteiger partial charge on any atom is -0.394 e. The fraction of sp³-hybridized carbons (Fsp3) is 0.656. The molecule has 0 bridgehead atoms. The standard InChI is InChI=1S/C61H101NO8/c1-3-5-7-9-11-13-15-17-19-21-23-25-26-27-28-29-30-31-33-35-37-39-41-43-45-47-49-51-57(65)62-54(53-69-61-60(68)59(67)58(66)56(52-63)70-61)55(64)50-48-46-44-42-40-38-36-34-32-24-22-20-18-16-14-12-10-8-6-4-2/h5,7,11,13,17,19,23,25,27-28,30-32,34-35,37,40,42,48,50,54-56,58-61,63-64,66-68H,3-4,6,8-10,12,14-16,18,20-22,24,26,29,33,36,38-39,41,43-47,49,51-53H2,1-2H3,(H,62,65)/b7-5-,13-11-,19-17-,25-23-,28-27-,31-30-,34-32+,37-35-,42-40+,50-48+.